The van der Waals surface area contributed by atoms with Crippen molar-refractivity contribution in [1.29, 1.82) is 0 Å². The molecule has 7 nitrogen and oxygen atoms in total. The zero-order valence-corrected chi connectivity index (χ0v) is 21.6. The van der Waals surface area contributed by atoms with E-state index in [0.29, 0.717) is 0 Å². The molecular weight excluding hydrogens is 510 g/mol. The van der Waals surface area contributed by atoms with Crippen molar-refractivity contribution in [3.8, 4) is 0 Å². The van der Waals surface area contributed by atoms with E-state index >= 15 is 0 Å². The molecule has 0 amide bonds. The minimum Gasteiger partial charge on any atom is -0.385 e. The maximum absolute atomic E-state index is 14.4. The van der Waals surface area contributed by atoms with Crippen LogP contribution in [-0.4, -0.2) is 59.7 Å². The number of aliphatic hydroxyl groups is 2. The van der Waals surface area contributed by atoms with Gasteiger partial charge in [0.2, 0.25) is 0 Å². The molecule has 0 aromatic heterocycles. The second kappa shape index (κ2) is 14.0. The van der Waals surface area contributed by atoms with Crippen LogP contribution < -0.4 is 0 Å². The van der Waals surface area contributed by atoms with E-state index in [0.717, 1.165) is 23.6 Å². The molecule has 0 radical (unpaired) electrons. The van der Waals surface area contributed by atoms with E-state index in [4.69, 9.17) is 23.7 Å². The van der Waals surface area contributed by atoms with Crippen LogP contribution in [0.5, 0.6) is 0 Å². The SMILES string of the molecule is CC(O)C(F)(F)O[C@H]1O[C@H](COCc2ccccc2)[C@H](OCc2ccccc2)[C@H](OCc2ccccc2)[C@H]1O. The monoisotopic (exact) mass is 544 g/mol. The largest absolute Gasteiger partial charge is 0.385 e. The molecule has 1 unspecified atom stereocenters. The lowest BCUT2D eigenvalue weighted by Crippen LogP contribution is -2.62. The molecule has 210 valence electrons. The lowest BCUT2D eigenvalue weighted by molar-refractivity contribution is -0.397. The number of hydrogen-bond donors (Lipinski definition) is 2. The van der Waals surface area contributed by atoms with Crippen molar-refractivity contribution in [1.82, 2.24) is 0 Å². The molecule has 0 aliphatic carbocycles. The summed E-state index contributed by atoms with van der Waals surface area (Å²) in [5, 5.41) is 20.6. The average molecular weight is 545 g/mol. The van der Waals surface area contributed by atoms with Crippen LogP contribution in [0.3, 0.4) is 0 Å². The van der Waals surface area contributed by atoms with E-state index in [-0.39, 0.29) is 26.4 Å². The summed E-state index contributed by atoms with van der Waals surface area (Å²) in [6.45, 7) is 1.35. The van der Waals surface area contributed by atoms with Crippen molar-refractivity contribution in [2.24, 2.45) is 0 Å². The molecule has 1 aliphatic rings. The summed E-state index contributed by atoms with van der Waals surface area (Å²) in [5.41, 5.74) is 2.61. The molecular formula is C30H34F2O7. The van der Waals surface area contributed by atoms with Crippen LogP contribution in [0, 0.1) is 0 Å². The van der Waals surface area contributed by atoms with Gasteiger partial charge in [-0.3, -0.25) is 4.74 Å². The zero-order valence-electron chi connectivity index (χ0n) is 21.6. The highest BCUT2D eigenvalue weighted by molar-refractivity contribution is 5.15. The molecule has 0 bridgehead atoms. The topological polar surface area (TPSA) is 86.6 Å². The van der Waals surface area contributed by atoms with Gasteiger partial charge in [0.15, 0.2) is 6.29 Å². The summed E-state index contributed by atoms with van der Waals surface area (Å²) < 4.78 is 57.5. The van der Waals surface area contributed by atoms with Crippen molar-refractivity contribution in [3.05, 3.63) is 108 Å². The van der Waals surface area contributed by atoms with Gasteiger partial charge >= 0.3 is 6.11 Å². The summed E-state index contributed by atoms with van der Waals surface area (Å²) in [6, 6.07) is 28.1. The van der Waals surface area contributed by atoms with Crippen LogP contribution in [0.15, 0.2) is 91.0 Å². The molecule has 39 heavy (non-hydrogen) atoms. The van der Waals surface area contributed by atoms with Crippen LogP contribution in [0.4, 0.5) is 8.78 Å². The lowest BCUT2D eigenvalue weighted by Gasteiger charge is -2.45. The second-order valence-corrected chi connectivity index (χ2v) is 9.41. The van der Waals surface area contributed by atoms with Gasteiger partial charge in [0.25, 0.3) is 0 Å². The summed E-state index contributed by atoms with van der Waals surface area (Å²) in [4.78, 5) is 0. The summed E-state index contributed by atoms with van der Waals surface area (Å²) >= 11 is 0. The highest BCUT2D eigenvalue weighted by Gasteiger charge is 2.51. The summed E-state index contributed by atoms with van der Waals surface area (Å²) in [5.74, 6) is 0. The fourth-order valence-electron chi connectivity index (χ4n) is 4.17. The molecule has 6 atom stereocenters. The second-order valence-electron chi connectivity index (χ2n) is 9.41. The maximum atomic E-state index is 14.4. The molecule has 9 heteroatoms. The summed E-state index contributed by atoms with van der Waals surface area (Å²) in [6.07, 6.45) is -12.5. The fraction of sp³-hybridized carbons (Fsp3) is 0.400. The van der Waals surface area contributed by atoms with E-state index in [1.54, 1.807) is 0 Å². The third-order valence-corrected chi connectivity index (χ3v) is 6.34. The van der Waals surface area contributed by atoms with Gasteiger partial charge in [0.1, 0.15) is 30.5 Å². The average Bonchev–Trinajstić information content (AvgIpc) is 2.94. The Labute approximate surface area is 226 Å². The van der Waals surface area contributed by atoms with Crippen LogP contribution in [0.2, 0.25) is 0 Å². The Kier molecular flexibility index (Phi) is 10.5. The van der Waals surface area contributed by atoms with E-state index in [2.05, 4.69) is 0 Å². The van der Waals surface area contributed by atoms with Crippen LogP contribution >= 0.6 is 0 Å². The first-order chi connectivity index (χ1) is 18.8. The Morgan fingerprint density at radius 1 is 0.769 bits per heavy atom. The maximum Gasteiger partial charge on any atom is 0.383 e. The van der Waals surface area contributed by atoms with Crippen LogP contribution in [0.1, 0.15) is 23.6 Å². The fourth-order valence-corrected chi connectivity index (χ4v) is 4.17. The van der Waals surface area contributed by atoms with Gasteiger partial charge in [-0.2, -0.15) is 8.78 Å². The van der Waals surface area contributed by atoms with E-state index in [1.165, 1.54) is 0 Å². The van der Waals surface area contributed by atoms with E-state index in [1.807, 2.05) is 91.0 Å². The Morgan fingerprint density at radius 3 is 1.72 bits per heavy atom. The quantitative estimate of drug-likeness (QED) is 0.329. The van der Waals surface area contributed by atoms with Crippen molar-refractivity contribution in [3.63, 3.8) is 0 Å². The predicted octanol–water partition coefficient (Wildman–Crippen LogP) is 4.45. The number of halogens is 2. The third kappa shape index (κ3) is 8.36. The first-order valence-electron chi connectivity index (χ1n) is 12.8. The number of rotatable bonds is 13. The third-order valence-electron chi connectivity index (χ3n) is 6.34. The van der Waals surface area contributed by atoms with Gasteiger partial charge in [-0.1, -0.05) is 91.0 Å². The van der Waals surface area contributed by atoms with Gasteiger partial charge in [0, 0.05) is 0 Å². The molecule has 1 heterocycles. The zero-order chi connectivity index (χ0) is 27.7. The molecule has 3 aromatic rings. The van der Waals surface area contributed by atoms with Crippen molar-refractivity contribution < 1.29 is 42.7 Å². The van der Waals surface area contributed by atoms with Gasteiger partial charge in [-0.15, -0.1) is 0 Å². The van der Waals surface area contributed by atoms with E-state index in [9.17, 15) is 19.0 Å². The predicted molar refractivity (Wildman–Crippen MR) is 139 cm³/mol. The molecule has 1 saturated heterocycles. The highest BCUT2D eigenvalue weighted by atomic mass is 19.3. The minimum absolute atomic E-state index is 0.0492. The first kappa shape index (κ1) is 29.2. The molecule has 3 aromatic carbocycles. The van der Waals surface area contributed by atoms with Crippen molar-refractivity contribution in [2.75, 3.05) is 6.61 Å². The normalized spacial score (nSPS) is 24.4. The minimum atomic E-state index is -3.97. The molecule has 2 N–H and O–H groups in total. The number of benzene rings is 3. The molecule has 1 aliphatic heterocycles. The Morgan fingerprint density at radius 2 is 1.23 bits per heavy atom. The number of hydrogen-bond acceptors (Lipinski definition) is 7. The molecule has 1 fully saturated rings. The number of alkyl halides is 2. The van der Waals surface area contributed by atoms with Crippen molar-refractivity contribution in [2.45, 2.75) is 69.7 Å². The van der Waals surface area contributed by atoms with Crippen molar-refractivity contribution >= 4 is 0 Å². The first-order valence-corrected chi connectivity index (χ1v) is 12.8. The van der Waals surface area contributed by atoms with Gasteiger partial charge < -0.3 is 29.2 Å². The van der Waals surface area contributed by atoms with Gasteiger partial charge in [-0.05, 0) is 23.6 Å². The molecule has 0 spiro atoms. The van der Waals surface area contributed by atoms with Gasteiger partial charge in [-0.25, -0.2) is 0 Å². The highest BCUT2D eigenvalue weighted by Crippen LogP contribution is 2.33. The lowest BCUT2D eigenvalue weighted by atomic mass is 9.98. The van der Waals surface area contributed by atoms with Crippen LogP contribution in [-0.2, 0) is 43.5 Å². The Hall–Kier alpha value is -2.76. The Balaban J connectivity index is 1.56. The van der Waals surface area contributed by atoms with Gasteiger partial charge in [0.05, 0.1) is 26.4 Å². The molecule has 4 rings (SSSR count). The summed E-state index contributed by atoms with van der Waals surface area (Å²) in [7, 11) is 0. The molecule has 0 saturated carbocycles. The Bertz CT molecular complexity index is 1100. The van der Waals surface area contributed by atoms with E-state index < -0.39 is 42.9 Å². The van der Waals surface area contributed by atoms with Crippen LogP contribution in [0.25, 0.3) is 0 Å². The smallest absolute Gasteiger partial charge is 0.383 e. The number of ether oxygens (including phenoxy) is 5. The number of aliphatic hydroxyl groups excluding tert-OH is 2. The standard InChI is InChI=1S/C30H34F2O7/c1-21(33)30(31,32)39-29-26(34)28(37-19-24-15-9-4-10-16-24)27(36-18-23-13-7-3-8-14-23)25(38-29)20-35-17-22-11-5-2-6-12-22/h2-16,21,25-29,33-34H,17-20H2,1H3/t21?,25-,26-,27+,28-,29-/m1/s1.